The molecule has 0 unspecified atom stereocenters. The van der Waals surface area contributed by atoms with Crippen molar-refractivity contribution in [2.75, 3.05) is 12.9 Å². The molecule has 1 aromatic carbocycles. The lowest BCUT2D eigenvalue weighted by Gasteiger charge is -2.20. The Hall–Kier alpha value is -2.14. The van der Waals surface area contributed by atoms with Crippen LogP contribution in [0.2, 0.25) is 0 Å². The van der Waals surface area contributed by atoms with Crippen LogP contribution in [0.15, 0.2) is 35.7 Å². The molecular weight excluding hydrogens is 268 g/mol. The smallest absolute Gasteiger partial charge is 0.239 e. The Labute approximate surface area is 114 Å². The van der Waals surface area contributed by atoms with E-state index >= 15 is 0 Å². The minimum absolute atomic E-state index is 0.0585. The topological polar surface area (TPSA) is 75.3 Å². The number of benzene rings is 1. The number of rotatable bonds is 3. The Morgan fingerprint density at radius 1 is 1.11 bits per heavy atom. The first kappa shape index (κ1) is 13.3. The average Bonchev–Trinajstić information content (AvgIpc) is 2.44. The van der Waals surface area contributed by atoms with Crippen LogP contribution in [0.1, 0.15) is 20.7 Å². The van der Waals surface area contributed by atoms with Gasteiger partial charge in [0.15, 0.2) is 0 Å². The Morgan fingerprint density at radius 2 is 1.63 bits per heavy atom. The second-order valence-corrected chi connectivity index (χ2v) is 4.15. The van der Waals surface area contributed by atoms with Crippen molar-refractivity contribution in [2.24, 2.45) is 0 Å². The molecule has 0 spiro atoms. The maximum absolute atomic E-state index is 12.3. The van der Waals surface area contributed by atoms with Crippen LogP contribution in [0.4, 0.5) is 0 Å². The van der Waals surface area contributed by atoms with E-state index in [0.717, 1.165) is 0 Å². The third-order valence-corrected chi connectivity index (χ3v) is 3.00. The third kappa shape index (κ3) is 2.24. The van der Waals surface area contributed by atoms with Crippen molar-refractivity contribution in [3.8, 4) is 0 Å². The van der Waals surface area contributed by atoms with Crippen LogP contribution >= 0.6 is 11.6 Å². The molecule has 1 aliphatic carbocycles. The number of allylic oxidation sites excluding steroid dienone is 2. The molecule has 98 valence electrons. The number of ketones is 2. The molecule has 1 aromatic rings. The van der Waals surface area contributed by atoms with Gasteiger partial charge in [-0.3, -0.25) is 14.4 Å². The van der Waals surface area contributed by atoms with E-state index in [1.165, 1.54) is 7.05 Å². The van der Waals surface area contributed by atoms with Crippen molar-refractivity contribution in [1.82, 2.24) is 10.6 Å². The Morgan fingerprint density at radius 3 is 2.11 bits per heavy atom. The first-order valence-corrected chi connectivity index (χ1v) is 6.10. The van der Waals surface area contributed by atoms with Crippen molar-refractivity contribution in [3.05, 3.63) is 46.8 Å². The highest BCUT2D eigenvalue weighted by atomic mass is 35.5. The van der Waals surface area contributed by atoms with Gasteiger partial charge in [0, 0.05) is 18.2 Å². The molecule has 0 bridgehead atoms. The maximum atomic E-state index is 12.3. The molecule has 0 saturated carbocycles. The highest BCUT2D eigenvalue weighted by Gasteiger charge is 2.32. The summed E-state index contributed by atoms with van der Waals surface area (Å²) in [5.41, 5.74) is 0.608. The van der Waals surface area contributed by atoms with Crippen LogP contribution in [0, 0.1) is 0 Å². The minimum atomic E-state index is -0.537. The molecule has 0 heterocycles. The van der Waals surface area contributed by atoms with Gasteiger partial charge >= 0.3 is 0 Å². The van der Waals surface area contributed by atoms with Gasteiger partial charge in [-0.15, -0.1) is 11.6 Å². The van der Waals surface area contributed by atoms with Crippen molar-refractivity contribution in [2.45, 2.75) is 0 Å². The first-order chi connectivity index (χ1) is 9.10. The highest BCUT2D eigenvalue weighted by Crippen LogP contribution is 2.23. The molecule has 19 heavy (non-hydrogen) atoms. The fourth-order valence-corrected chi connectivity index (χ4v) is 1.97. The Kier molecular flexibility index (Phi) is 3.66. The molecule has 0 radical (unpaired) electrons. The zero-order valence-electron chi connectivity index (χ0n) is 10.1. The molecule has 1 aliphatic rings. The third-order valence-electron chi connectivity index (χ3n) is 2.76. The van der Waals surface area contributed by atoms with Crippen LogP contribution in [-0.4, -0.2) is 30.4 Å². The molecule has 2 N–H and O–H groups in total. The monoisotopic (exact) mass is 278 g/mol. The van der Waals surface area contributed by atoms with Crippen molar-refractivity contribution in [3.63, 3.8) is 0 Å². The van der Waals surface area contributed by atoms with Gasteiger partial charge in [0.1, 0.15) is 17.3 Å². The number of likely N-dealkylation sites (N-methyl/N-ethyl adjacent to an activating group) is 1. The number of alkyl halides is 1. The molecule has 0 atom stereocenters. The number of fused-ring (bicyclic) bond motifs is 1. The number of carbonyl (C=O) groups excluding carboxylic acids is 3. The van der Waals surface area contributed by atoms with Gasteiger partial charge in [-0.25, -0.2) is 0 Å². The normalized spacial score (nSPS) is 14.2. The molecule has 0 fully saturated rings. The van der Waals surface area contributed by atoms with Gasteiger partial charge < -0.3 is 10.6 Å². The Balaban J connectivity index is 2.54. The summed E-state index contributed by atoms with van der Waals surface area (Å²) in [5, 5.41) is 5.02. The van der Waals surface area contributed by atoms with Crippen LogP contribution < -0.4 is 10.6 Å². The lowest BCUT2D eigenvalue weighted by molar-refractivity contribution is -0.117. The second-order valence-electron chi connectivity index (χ2n) is 3.89. The van der Waals surface area contributed by atoms with E-state index in [-0.39, 0.29) is 28.6 Å². The van der Waals surface area contributed by atoms with E-state index in [9.17, 15) is 14.4 Å². The number of hydrogen-bond acceptors (Lipinski definition) is 4. The molecule has 6 heteroatoms. The van der Waals surface area contributed by atoms with Crippen molar-refractivity contribution >= 4 is 29.1 Å². The van der Waals surface area contributed by atoms with Crippen molar-refractivity contribution in [1.29, 1.82) is 0 Å². The fraction of sp³-hybridized carbons (Fsp3) is 0.154. The molecular formula is C13H11ClN2O3. The van der Waals surface area contributed by atoms with E-state index in [2.05, 4.69) is 10.6 Å². The van der Waals surface area contributed by atoms with Crippen LogP contribution in [0.3, 0.4) is 0 Å². The fourth-order valence-electron chi connectivity index (χ4n) is 1.91. The van der Waals surface area contributed by atoms with E-state index in [1.807, 2.05) is 0 Å². The standard InChI is InChI=1S/C13H11ClN2O3/c1-15-10-11(16-9(17)6-14)13(19)8-5-3-2-4-7(8)12(10)18/h2-5,15H,6H2,1H3,(H,16,17). The summed E-state index contributed by atoms with van der Waals surface area (Å²) < 4.78 is 0. The van der Waals surface area contributed by atoms with Crippen LogP contribution in [0.5, 0.6) is 0 Å². The van der Waals surface area contributed by atoms with Gasteiger partial charge in [-0.1, -0.05) is 24.3 Å². The molecule has 0 aromatic heterocycles. The van der Waals surface area contributed by atoms with Crippen LogP contribution in [-0.2, 0) is 4.79 Å². The van der Waals surface area contributed by atoms with Gasteiger partial charge in [0.25, 0.3) is 0 Å². The predicted molar refractivity (Wildman–Crippen MR) is 70.1 cm³/mol. The van der Waals surface area contributed by atoms with E-state index in [0.29, 0.717) is 5.56 Å². The molecule has 0 aliphatic heterocycles. The number of amides is 1. The van der Waals surface area contributed by atoms with E-state index in [1.54, 1.807) is 24.3 Å². The van der Waals surface area contributed by atoms with Gasteiger partial charge in [-0.2, -0.15) is 0 Å². The zero-order chi connectivity index (χ0) is 14.0. The van der Waals surface area contributed by atoms with E-state index < -0.39 is 11.7 Å². The predicted octanol–water partition coefficient (Wildman–Crippen LogP) is 0.852. The molecule has 0 saturated heterocycles. The molecule has 2 rings (SSSR count). The van der Waals surface area contributed by atoms with Gasteiger partial charge in [0.2, 0.25) is 17.5 Å². The van der Waals surface area contributed by atoms with Gasteiger partial charge in [0.05, 0.1) is 0 Å². The maximum Gasteiger partial charge on any atom is 0.239 e. The number of halogens is 1. The van der Waals surface area contributed by atoms with E-state index in [4.69, 9.17) is 11.6 Å². The summed E-state index contributed by atoms with van der Waals surface area (Å²) in [6.07, 6.45) is 0. The summed E-state index contributed by atoms with van der Waals surface area (Å²) in [6, 6.07) is 6.47. The highest BCUT2D eigenvalue weighted by molar-refractivity contribution is 6.30. The van der Waals surface area contributed by atoms with Crippen LogP contribution in [0.25, 0.3) is 0 Å². The number of carbonyl (C=O) groups is 3. The minimum Gasteiger partial charge on any atom is -0.383 e. The number of hydrogen-bond donors (Lipinski definition) is 2. The summed E-state index contributed by atoms with van der Waals surface area (Å²) in [6.45, 7) is 0. The molecule has 5 nitrogen and oxygen atoms in total. The average molecular weight is 279 g/mol. The zero-order valence-corrected chi connectivity index (χ0v) is 10.9. The lowest BCUT2D eigenvalue weighted by atomic mass is 9.90. The summed E-state index contributed by atoms with van der Waals surface area (Å²) in [5.74, 6) is -1.56. The number of nitrogens with one attached hydrogen (secondary N) is 2. The number of Topliss-reactive ketones (excluding diaryl/α,β-unsaturated/α-hetero) is 2. The summed E-state index contributed by atoms with van der Waals surface area (Å²) in [4.78, 5) is 35.8. The largest absolute Gasteiger partial charge is 0.383 e. The summed E-state index contributed by atoms with van der Waals surface area (Å²) >= 11 is 5.40. The van der Waals surface area contributed by atoms with Crippen molar-refractivity contribution < 1.29 is 14.4 Å². The second kappa shape index (κ2) is 5.24. The SMILES string of the molecule is CNC1=C(NC(=O)CCl)C(=O)c2ccccc2C1=O. The lowest BCUT2D eigenvalue weighted by Crippen LogP contribution is -2.37. The summed E-state index contributed by atoms with van der Waals surface area (Å²) in [7, 11) is 1.52. The Bertz CT molecular complexity index is 608. The quantitative estimate of drug-likeness (QED) is 0.804. The first-order valence-electron chi connectivity index (χ1n) is 5.56. The molecule has 1 amide bonds. The van der Waals surface area contributed by atoms with Gasteiger partial charge in [-0.05, 0) is 0 Å².